The first kappa shape index (κ1) is 23.0. The molecular formula is C20H28N4O4. The van der Waals surface area contributed by atoms with Gasteiger partial charge in [0, 0.05) is 6.04 Å². The molecule has 0 fully saturated rings. The first-order chi connectivity index (χ1) is 13.0. The van der Waals surface area contributed by atoms with Gasteiger partial charge in [-0.25, -0.2) is 4.79 Å². The van der Waals surface area contributed by atoms with Crippen LogP contribution in [-0.4, -0.2) is 47.5 Å². The SMILES string of the molecule is CC(C)NC(=O)C(c1ccccc1)N(CC#N)C(=O)CNC(=O)OC(C)(C)C. The summed E-state index contributed by atoms with van der Waals surface area (Å²) >= 11 is 0. The molecule has 8 nitrogen and oxygen atoms in total. The van der Waals surface area contributed by atoms with Crippen LogP contribution in [-0.2, 0) is 14.3 Å². The van der Waals surface area contributed by atoms with E-state index >= 15 is 0 Å². The van der Waals surface area contributed by atoms with E-state index in [0.717, 1.165) is 4.90 Å². The van der Waals surface area contributed by atoms with Crippen molar-refractivity contribution in [3.8, 4) is 6.07 Å². The number of hydrogen-bond acceptors (Lipinski definition) is 5. The van der Waals surface area contributed by atoms with Crippen LogP contribution in [0, 0.1) is 11.3 Å². The van der Waals surface area contributed by atoms with Crippen molar-refractivity contribution < 1.29 is 19.1 Å². The summed E-state index contributed by atoms with van der Waals surface area (Å²) in [6, 6.07) is 9.50. The second kappa shape index (κ2) is 10.3. The molecule has 1 unspecified atom stereocenters. The van der Waals surface area contributed by atoms with Gasteiger partial charge in [0.05, 0.1) is 6.07 Å². The van der Waals surface area contributed by atoms with Gasteiger partial charge in [0.15, 0.2) is 0 Å². The third-order valence-electron chi connectivity index (χ3n) is 3.45. The molecule has 0 saturated carbocycles. The third-order valence-corrected chi connectivity index (χ3v) is 3.45. The van der Waals surface area contributed by atoms with Gasteiger partial charge in [0.1, 0.15) is 24.7 Å². The van der Waals surface area contributed by atoms with Gasteiger partial charge in [-0.2, -0.15) is 5.26 Å². The smallest absolute Gasteiger partial charge is 0.408 e. The van der Waals surface area contributed by atoms with E-state index < -0.39 is 36.1 Å². The quantitative estimate of drug-likeness (QED) is 0.695. The van der Waals surface area contributed by atoms with E-state index in [9.17, 15) is 19.6 Å². The topological polar surface area (TPSA) is 112 Å². The van der Waals surface area contributed by atoms with Gasteiger partial charge in [0.2, 0.25) is 11.8 Å². The minimum atomic E-state index is -0.990. The van der Waals surface area contributed by atoms with Gasteiger partial charge in [0.25, 0.3) is 0 Å². The number of ether oxygens (including phenoxy) is 1. The van der Waals surface area contributed by atoms with Crippen molar-refractivity contribution in [2.45, 2.75) is 52.3 Å². The molecule has 1 aromatic rings. The van der Waals surface area contributed by atoms with E-state index in [1.165, 1.54) is 0 Å². The molecule has 0 saturated heterocycles. The van der Waals surface area contributed by atoms with Crippen molar-refractivity contribution in [3.05, 3.63) is 35.9 Å². The molecule has 1 aromatic carbocycles. The lowest BCUT2D eigenvalue weighted by Gasteiger charge is -2.30. The normalized spacial score (nSPS) is 11.9. The molecular weight excluding hydrogens is 360 g/mol. The number of amides is 3. The average Bonchev–Trinajstić information content (AvgIpc) is 2.58. The zero-order valence-corrected chi connectivity index (χ0v) is 17.0. The van der Waals surface area contributed by atoms with E-state index in [0.29, 0.717) is 5.56 Å². The number of nitriles is 1. The van der Waals surface area contributed by atoms with Crippen molar-refractivity contribution in [1.82, 2.24) is 15.5 Å². The number of rotatable bonds is 7. The molecule has 1 atom stereocenters. The summed E-state index contributed by atoms with van der Waals surface area (Å²) in [5.41, 5.74) is -0.134. The summed E-state index contributed by atoms with van der Waals surface area (Å²) in [7, 11) is 0. The minimum absolute atomic E-state index is 0.141. The van der Waals surface area contributed by atoms with Gasteiger partial charge >= 0.3 is 6.09 Å². The summed E-state index contributed by atoms with van der Waals surface area (Å²) in [5.74, 6) is -0.970. The second-order valence-electron chi connectivity index (χ2n) is 7.51. The van der Waals surface area contributed by atoms with Crippen molar-refractivity contribution in [2.24, 2.45) is 0 Å². The van der Waals surface area contributed by atoms with E-state index in [-0.39, 0.29) is 12.6 Å². The fraction of sp³-hybridized carbons (Fsp3) is 0.500. The number of hydrogen-bond donors (Lipinski definition) is 2. The highest BCUT2D eigenvalue weighted by Gasteiger charge is 2.31. The van der Waals surface area contributed by atoms with Crippen molar-refractivity contribution >= 4 is 17.9 Å². The van der Waals surface area contributed by atoms with E-state index in [1.807, 2.05) is 6.07 Å². The van der Waals surface area contributed by atoms with E-state index in [2.05, 4.69) is 10.6 Å². The summed E-state index contributed by atoms with van der Waals surface area (Å²) in [5, 5.41) is 14.3. The lowest BCUT2D eigenvalue weighted by molar-refractivity contribution is -0.139. The van der Waals surface area contributed by atoms with Crippen LogP contribution in [0.15, 0.2) is 30.3 Å². The standard InChI is InChI=1S/C20H28N4O4/c1-14(2)23-18(26)17(15-9-7-6-8-10-15)24(12-11-21)16(25)13-22-19(27)28-20(3,4)5/h6-10,14,17H,12-13H2,1-5H3,(H,22,27)(H,23,26). The Morgan fingerprint density at radius 1 is 1.18 bits per heavy atom. The Hall–Kier alpha value is -3.08. The van der Waals surface area contributed by atoms with Crippen LogP contribution in [0.3, 0.4) is 0 Å². The molecule has 0 aliphatic heterocycles. The molecule has 0 heterocycles. The van der Waals surface area contributed by atoms with Gasteiger partial charge in [-0.15, -0.1) is 0 Å². The fourth-order valence-electron chi connectivity index (χ4n) is 2.43. The molecule has 152 valence electrons. The Kier molecular flexibility index (Phi) is 8.45. The number of nitrogens with zero attached hydrogens (tertiary/aromatic N) is 2. The minimum Gasteiger partial charge on any atom is -0.444 e. The Balaban J connectivity index is 3.04. The maximum Gasteiger partial charge on any atom is 0.408 e. The number of nitrogens with one attached hydrogen (secondary N) is 2. The fourth-order valence-corrected chi connectivity index (χ4v) is 2.43. The summed E-state index contributed by atoms with van der Waals surface area (Å²) < 4.78 is 5.11. The third kappa shape index (κ3) is 7.66. The number of benzene rings is 1. The Labute approximate surface area is 165 Å². The maximum absolute atomic E-state index is 12.8. The second-order valence-corrected chi connectivity index (χ2v) is 7.51. The monoisotopic (exact) mass is 388 g/mol. The average molecular weight is 388 g/mol. The molecule has 2 N–H and O–H groups in total. The molecule has 0 bridgehead atoms. The van der Waals surface area contributed by atoms with Crippen molar-refractivity contribution in [2.75, 3.05) is 13.1 Å². The van der Waals surface area contributed by atoms with Crippen molar-refractivity contribution in [1.29, 1.82) is 5.26 Å². The van der Waals surface area contributed by atoms with Gasteiger partial charge in [-0.1, -0.05) is 30.3 Å². The lowest BCUT2D eigenvalue weighted by atomic mass is 10.0. The molecule has 0 aromatic heterocycles. The molecule has 3 amide bonds. The molecule has 0 aliphatic rings. The van der Waals surface area contributed by atoms with Gasteiger partial charge in [-0.3, -0.25) is 9.59 Å². The van der Waals surface area contributed by atoms with Crippen LogP contribution >= 0.6 is 0 Å². The van der Waals surface area contributed by atoms with E-state index in [1.54, 1.807) is 65.0 Å². The van der Waals surface area contributed by atoms with Gasteiger partial charge < -0.3 is 20.3 Å². The van der Waals surface area contributed by atoms with Crippen LogP contribution in [0.4, 0.5) is 4.79 Å². The largest absolute Gasteiger partial charge is 0.444 e. The Bertz CT molecular complexity index is 720. The molecule has 0 aliphatic carbocycles. The summed E-state index contributed by atoms with van der Waals surface area (Å²) in [4.78, 5) is 38.5. The molecule has 1 rings (SSSR count). The molecule has 8 heteroatoms. The zero-order valence-electron chi connectivity index (χ0n) is 17.0. The van der Waals surface area contributed by atoms with E-state index in [4.69, 9.17) is 4.74 Å². The number of alkyl carbamates (subject to hydrolysis) is 1. The molecule has 0 spiro atoms. The highest BCUT2D eigenvalue weighted by atomic mass is 16.6. The summed E-state index contributed by atoms with van der Waals surface area (Å²) in [6.45, 7) is 8.03. The highest BCUT2D eigenvalue weighted by Crippen LogP contribution is 2.21. The zero-order chi connectivity index (χ0) is 21.3. The highest BCUT2D eigenvalue weighted by molar-refractivity contribution is 5.90. The van der Waals surface area contributed by atoms with Crippen LogP contribution in [0.5, 0.6) is 0 Å². The Morgan fingerprint density at radius 3 is 2.29 bits per heavy atom. The Morgan fingerprint density at radius 2 is 1.79 bits per heavy atom. The molecule has 0 radical (unpaired) electrons. The van der Waals surface area contributed by atoms with Crippen LogP contribution in [0.25, 0.3) is 0 Å². The van der Waals surface area contributed by atoms with Crippen LogP contribution in [0.2, 0.25) is 0 Å². The lowest BCUT2D eigenvalue weighted by Crippen LogP contribution is -2.48. The number of carbonyl (C=O) groups excluding carboxylic acids is 3. The van der Waals surface area contributed by atoms with Crippen LogP contribution in [0.1, 0.15) is 46.2 Å². The predicted octanol–water partition coefficient (Wildman–Crippen LogP) is 2.13. The maximum atomic E-state index is 12.8. The number of carbonyl (C=O) groups is 3. The molecule has 28 heavy (non-hydrogen) atoms. The first-order valence-corrected chi connectivity index (χ1v) is 9.03. The first-order valence-electron chi connectivity index (χ1n) is 9.03. The van der Waals surface area contributed by atoms with Crippen molar-refractivity contribution in [3.63, 3.8) is 0 Å². The van der Waals surface area contributed by atoms with Crippen LogP contribution < -0.4 is 10.6 Å². The summed E-state index contributed by atoms with van der Waals surface area (Å²) in [6.07, 6.45) is -0.749. The van der Waals surface area contributed by atoms with Gasteiger partial charge in [-0.05, 0) is 40.2 Å². The predicted molar refractivity (Wildman–Crippen MR) is 104 cm³/mol.